The summed E-state index contributed by atoms with van der Waals surface area (Å²) < 4.78 is 61.6. The quantitative estimate of drug-likeness (QED) is 0.782. The summed E-state index contributed by atoms with van der Waals surface area (Å²) in [6.07, 6.45) is 1.05. The molecular formula is C8H8O6S2. The fourth-order valence-corrected chi connectivity index (χ4v) is 3.18. The van der Waals surface area contributed by atoms with Gasteiger partial charge in [0.05, 0.1) is 0 Å². The van der Waals surface area contributed by atoms with E-state index in [0.29, 0.717) is 0 Å². The summed E-state index contributed by atoms with van der Waals surface area (Å²) in [6, 6.07) is 3.32. The lowest BCUT2D eigenvalue weighted by molar-refractivity contribution is 0.466. The number of rotatable bonds is 3. The van der Waals surface area contributed by atoms with E-state index in [4.69, 9.17) is 9.11 Å². The van der Waals surface area contributed by atoms with Crippen LogP contribution in [-0.4, -0.2) is 25.9 Å². The van der Waals surface area contributed by atoms with Gasteiger partial charge in [-0.2, -0.15) is 16.8 Å². The van der Waals surface area contributed by atoms with Crippen LogP contribution in [0.2, 0.25) is 0 Å². The highest BCUT2D eigenvalue weighted by Crippen LogP contribution is 2.25. The van der Waals surface area contributed by atoms with Gasteiger partial charge in [0.15, 0.2) is 0 Å². The van der Waals surface area contributed by atoms with E-state index < -0.39 is 30.0 Å². The van der Waals surface area contributed by atoms with E-state index in [1.54, 1.807) is 0 Å². The highest BCUT2D eigenvalue weighted by atomic mass is 32.2. The number of hydrogen-bond donors (Lipinski definition) is 2. The molecule has 0 atom stereocenters. The zero-order valence-electron chi connectivity index (χ0n) is 7.86. The molecule has 0 fully saturated rings. The van der Waals surface area contributed by atoms with Crippen LogP contribution in [0.25, 0.3) is 6.08 Å². The molecule has 88 valence electrons. The van der Waals surface area contributed by atoms with Crippen LogP contribution in [-0.2, 0) is 20.2 Å². The van der Waals surface area contributed by atoms with Gasteiger partial charge < -0.3 is 0 Å². The average Bonchev–Trinajstić information content (AvgIpc) is 2.13. The summed E-state index contributed by atoms with van der Waals surface area (Å²) in [7, 11) is -9.51. The lowest BCUT2D eigenvalue weighted by Crippen LogP contribution is -2.10. The summed E-state index contributed by atoms with van der Waals surface area (Å²) in [5.74, 6) is 0. The molecule has 0 amide bonds. The molecule has 2 N–H and O–H groups in total. The van der Waals surface area contributed by atoms with Crippen LogP contribution in [0.4, 0.5) is 0 Å². The van der Waals surface area contributed by atoms with Crippen molar-refractivity contribution in [1.29, 1.82) is 0 Å². The summed E-state index contributed by atoms with van der Waals surface area (Å²) >= 11 is 0. The Bertz CT molecular complexity index is 626. The van der Waals surface area contributed by atoms with Crippen molar-refractivity contribution < 1.29 is 25.9 Å². The molecular weight excluding hydrogens is 256 g/mol. The molecule has 1 rings (SSSR count). The van der Waals surface area contributed by atoms with Crippen molar-refractivity contribution in [2.24, 2.45) is 0 Å². The summed E-state index contributed by atoms with van der Waals surface area (Å²) in [5.41, 5.74) is -0.113. The van der Waals surface area contributed by atoms with Crippen molar-refractivity contribution in [2.75, 3.05) is 0 Å². The first-order valence-electron chi connectivity index (χ1n) is 3.88. The monoisotopic (exact) mass is 264 g/mol. The Morgan fingerprint density at radius 1 is 1.06 bits per heavy atom. The van der Waals surface area contributed by atoms with Crippen LogP contribution >= 0.6 is 0 Å². The minimum Gasteiger partial charge on any atom is -0.282 e. The van der Waals surface area contributed by atoms with E-state index >= 15 is 0 Å². The molecule has 1 aromatic carbocycles. The second-order valence-corrected chi connectivity index (χ2v) is 5.58. The average molecular weight is 264 g/mol. The van der Waals surface area contributed by atoms with E-state index in [9.17, 15) is 16.8 Å². The third kappa shape index (κ3) is 2.47. The molecule has 6 nitrogen and oxygen atoms in total. The lowest BCUT2D eigenvalue weighted by Gasteiger charge is -2.07. The lowest BCUT2D eigenvalue weighted by atomic mass is 10.2. The van der Waals surface area contributed by atoms with Crippen LogP contribution in [0.1, 0.15) is 5.56 Å². The Morgan fingerprint density at radius 2 is 1.62 bits per heavy atom. The topological polar surface area (TPSA) is 109 Å². The maximum absolute atomic E-state index is 11.0. The van der Waals surface area contributed by atoms with Gasteiger partial charge >= 0.3 is 0 Å². The molecule has 0 aromatic heterocycles. The van der Waals surface area contributed by atoms with Crippen LogP contribution in [0.15, 0.2) is 34.6 Å². The Balaban J connectivity index is 3.86. The first kappa shape index (κ1) is 12.8. The molecule has 8 heteroatoms. The van der Waals surface area contributed by atoms with Crippen LogP contribution < -0.4 is 0 Å². The van der Waals surface area contributed by atoms with E-state index in [1.165, 1.54) is 12.1 Å². The largest absolute Gasteiger partial charge is 0.296 e. The SMILES string of the molecule is C=Cc1cccc(S(=O)(=O)O)c1S(=O)(=O)O. The maximum Gasteiger partial charge on any atom is 0.296 e. The maximum atomic E-state index is 11.0. The van der Waals surface area contributed by atoms with Crippen molar-refractivity contribution in [1.82, 2.24) is 0 Å². The first-order valence-corrected chi connectivity index (χ1v) is 6.76. The van der Waals surface area contributed by atoms with Crippen LogP contribution in [0.5, 0.6) is 0 Å². The molecule has 16 heavy (non-hydrogen) atoms. The molecule has 0 unspecified atom stereocenters. The highest BCUT2D eigenvalue weighted by Gasteiger charge is 2.25. The summed E-state index contributed by atoms with van der Waals surface area (Å²) in [4.78, 5) is -1.76. The normalized spacial score (nSPS) is 12.4. The predicted molar refractivity (Wildman–Crippen MR) is 56.2 cm³/mol. The Kier molecular flexibility index (Phi) is 3.20. The van der Waals surface area contributed by atoms with E-state index in [2.05, 4.69) is 6.58 Å². The second kappa shape index (κ2) is 3.98. The fraction of sp³-hybridized carbons (Fsp3) is 0. The highest BCUT2D eigenvalue weighted by molar-refractivity contribution is 7.89. The Hall–Kier alpha value is -1.22. The zero-order chi connectivity index (χ0) is 12.6. The van der Waals surface area contributed by atoms with Gasteiger partial charge in [0, 0.05) is 0 Å². The van der Waals surface area contributed by atoms with E-state index in [-0.39, 0.29) is 5.56 Å². The predicted octanol–water partition coefficient (Wildman–Crippen LogP) is 0.823. The van der Waals surface area contributed by atoms with E-state index in [1.807, 2.05) is 0 Å². The molecule has 0 aliphatic rings. The van der Waals surface area contributed by atoms with Crippen molar-refractivity contribution in [3.8, 4) is 0 Å². The van der Waals surface area contributed by atoms with Gasteiger partial charge in [-0.05, 0) is 11.6 Å². The van der Waals surface area contributed by atoms with Gasteiger partial charge in [-0.3, -0.25) is 9.11 Å². The van der Waals surface area contributed by atoms with Gasteiger partial charge in [0.25, 0.3) is 20.2 Å². The van der Waals surface area contributed by atoms with Crippen molar-refractivity contribution in [2.45, 2.75) is 9.79 Å². The summed E-state index contributed by atoms with van der Waals surface area (Å²) in [6.45, 7) is 3.28. The van der Waals surface area contributed by atoms with Crippen molar-refractivity contribution >= 4 is 26.3 Å². The van der Waals surface area contributed by atoms with Gasteiger partial charge in [-0.1, -0.05) is 24.8 Å². The molecule has 0 saturated carbocycles. The molecule has 0 saturated heterocycles. The smallest absolute Gasteiger partial charge is 0.282 e. The summed E-state index contributed by atoms with van der Waals surface area (Å²) in [5, 5.41) is 0. The van der Waals surface area contributed by atoms with Gasteiger partial charge in [-0.25, -0.2) is 0 Å². The molecule has 0 aliphatic carbocycles. The Morgan fingerprint density at radius 3 is 2.00 bits per heavy atom. The van der Waals surface area contributed by atoms with Crippen LogP contribution in [0.3, 0.4) is 0 Å². The van der Waals surface area contributed by atoms with E-state index in [0.717, 1.165) is 12.1 Å². The van der Waals surface area contributed by atoms with Crippen molar-refractivity contribution in [3.63, 3.8) is 0 Å². The number of hydrogen-bond acceptors (Lipinski definition) is 4. The molecule has 0 aliphatic heterocycles. The zero-order valence-corrected chi connectivity index (χ0v) is 9.49. The molecule has 1 aromatic rings. The second-order valence-electron chi connectivity index (χ2n) is 2.83. The molecule has 0 bridgehead atoms. The minimum absolute atomic E-state index is 0.113. The minimum atomic E-state index is -4.77. The first-order chi connectivity index (χ1) is 7.18. The molecule has 0 heterocycles. The molecule has 0 radical (unpaired) electrons. The standard InChI is InChI=1S/C8H8O6S2/c1-2-6-4-3-5-7(15(9,10)11)8(6)16(12,13)14/h2-5H,1H2,(H,9,10,11)(H,12,13,14). The third-order valence-corrected chi connectivity index (χ3v) is 3.76. The molecule has 0 spiro atoms. The third-order valence-electron chi connectivity index (χ3n) is 1.77. The van der Waals surface area contributed by atoms with Gasteiger partial charge in [0.1, 0.15) is 9.79 Å². The van der Waals surface area contributed by atoms with Gasteiger partial charge in [-0.15, -0.1) is 0 Å². The van der Waals surface area contributed by atoms with Gasteiger partial charge in [0.2, 0.25) is 0 Å². The Labute approximate surface area is 92.7 Å². The van der Waals surface area contributed by atoms with Crippen molar-refractivity contribution in [3.05, 3.63) is 30.3 Å². The number of benzene rings is 1. The fourth-order valence-electron chi connectivity index (χ4n) is 1.17. The van der Waals surface area contributed by atoms with Crippen LogP contribution in [0, 0.1) is 0 Å².